The Morgan fingerprint density at radius 3 is 1.78 bits per heavy atom. The van der Waals surface area contributed by atoms with Gasteiger partial charge in [-0.05, 0) is 41.1 Å². The van der Waals surface area contributed by atoms with Gasteiger partial charge in [0.2, 0.25) is 0 Å². The van der Waals surface area contributed by atoms with Crippen molar-refractivity contribution in [2.45, 2.75) is 0 Å². The van der Waals surface area contributed by atoms with Crippen LogP contribution in [-0.2, 0) is 0 Å². The van der Waals surface area contributed by atoms with Crippen LogP contribution in [0.15, 0.2) is 152 Å². The van der Waals surface area contributed by atoms with Gasteiger partial charge in [0.1, 0.15) is 4.83 Å². The fourth-order valence-corrected chi connectivity index (χ4v) is 10.0. The molecule has 0 bridgehead atoms. The van der Waals surface area contributed by atoms with Gasteiger partial charge in [-0.25, -0.2) is 9.97 Å². The molecule has 0 N–H and O–H groups in total. The van der Waals surface area contributed by atoms with Crippen LogP contribution in [0, 0.1) is 0 Å². The number of rotatable bonds is 3. The molecule has 4 aromatic heterocycles. The molecule has 0 fully saturated rings. The molecule has 11 rings (SSSR count). The van der Waals surface area contributed by atoms with E-state index in [1.807, 2.05) is 29.5 Å². The first-order chi connectivity index (χ1) is 24.3. The summed E-state index contributed by atoms with van der Waals surface area (Å²) in [4.78, 5) is 11.3. The summed E-state index contributed by atoms with van der Waals surface area (Å²) < 4.78 is 6.33. The zero-order valence-electron chi connectivity index (χ0n) is 26.1. The molecule has 0 spiro atoms. The molecule has 0 aliphatic rings. The molecule has 3 nitrogen and oxygen atoms in total. The van der Waals surface area contributed by atoms with E-state index in [1.165, 1.54) is 62.8 Å². The summed E-state index contributed by atoms with van der Waals surface area (Å²) >= 11 is 3.63. The number of fused-ring (bicyclic) bond motifs is 13. The lowest BCUT2D eigenvalue weighted by molar-refractivity contribution is 1.19. The van der Waals surface area contributed by atoms with Crippen molar-refractivity contribution in [1.29, 1.82) is 0 Å². The molecule has 4 heterocycles. The SMILES string of the molecule is c1ccc(-c2nc(-c3ccc(-n4c5ccccc5c5c6ccccc6c6c7ccccc7sc6c54)cc3)c3c(n2)sc2ccccc23)cc1. The molecule has 49 heavy (non-hydrogen) atoms. The molecule has 0 amide bonds. The second-order valence-electron chi connectivity index (χ2n) is 12.5. The van der Waals surface area contributed by atoms with E-state index in [4.69, 9.17) is 9.97 Å². The van der Waals surface area contributed by atoms with Crippen LogP contribution in [0.5, 0.6) is 0 Å². The Morgan fingerprint density at radius 2 is 1.02 bits per heavy atom. The van der Waals surface area contributed by atoms with Crippen molar-refractivity contribution in [3.63, 3.8) is 0 Å². The van der Waals surface area contributed by atoms with Crippen molar-refractivity contribution < 1.29 is 0 Å². The number of thiophene rings is 2. The average Bonchev–Trinajstić information content (AvgIpc) is 3.85. The van der Waals surface area contributed by atoms with Crippen LogP contribution in [0.1, 0.15) is 0 Å². The van der Waals surface area contributed by atoms with E-state index in [9.17, 15) is 0 Å². The van der Waals surface area contributed by atoms with Crippen molar-refractivity contribution in [2.75, 3.05) is 0 Å². The molecule has 0 saturated heterocycles. The predicted molar refractivity (Wildman–Crippen MR) is 211 cm³/mol. The highest BCUT2D eigenvalue weighted by atomic mass is 32.1. The van der Waals surface area contributed by atoms with Gasteiger partial charge < -0.3 is 4.57 Å². The van der Waals surface area contributed by atoms with Crippen molar-refractivity contribution in [3.8, 4) is 28.3 Å². The molecule has 0 unspecified atom stereocenters. The summed E-state index contributed by atoms with van der Waals surface area (Å²) in [6.45, 7) is 0. The summed E-state index contributed by atoms with van der Waals surface area (Å²) in [6.07, 6.45) is 0. The normalized spacial score (nSPS) is 12.1. The van der Waals surface area contributed by atoms with E-state index < -0.39 is 0 Å². The minimum Gasteiger partial charge on any atom is -0.308 e. The van der Waals surface area contributed by atoms with E-state index in [-0.39, 0.29) is 0 Å². The molecule has 0 saturated carbocycles. The maximum Gasteiger partial charge on any atom is 0.161 e. The number of nitrogens with zero attached hydrogens (tertiary/aromatic N) is 3. The van der Waals surface area contributed by atoms with Crippen LogP contribution >= 0.6 is 22.7 Å². The molecular weight excluding hydrogens is 635 g/mol. The van der Waals surface area contributed by atoms with Crippen molar-refractivity contribution >= 4 is 95.7 Å². The number of para-hydroxylation sites is 1. The van der Waals surface area contributed by atoms with Gasteiger partial charge in [0.25, 0.3) is 0 Å². The van der Waals surface area contributed by atoms with Crippen LogP contribution < -0.4 is 0 Å². The minimum absolute atomic E-state index is 0.750. The maximum absolute atomic E-state index is 5.25. The van der Waals surface area contributed by atoms with Gasteiger partial charge in [-0.3, -0.25) is 0 Å². The highest BCUT2D eigenvalue weighted by Gasteiger charge is 2.22. The lowest BCUT2D eigenvalue weighted by atomic mass is 9.99. The monoisotopic (exact) mass is 659 g/mol. The van der Waals surface area contributed by atoms with Gasteiger partial charge in [-0.1, -0.05) is 121 Å². The van der Waals surface area contributed by atoms with E-state index in [0.29, 0.717) is 0 Å². The molecule has 0 aliphatic heterocycles. The Balaban J connectivity index is 1.20. The van der Waals surface area contributed by atoms with E-state index in [0.717, 1.165) is 38.5 Å². The van der Waals surface area contributed by atoms with E-state index >= 15 is 0 Å². The third-order valence-corrected chi connectivity index (χ3v) is 12.1. The van der Waals surface area contributed by atoms with Crippen LogP contribution in [-0.4, -0.2) is 14.5 Å². The smallest absolute Gasteiger partial charge is 0.161 e. The third-order valence-electron chi connectivity index (χ3n) is 9.82. The second kappa shape index (κ2) is 10.3. The molecule has 0 aliphatic carbocycles. The Morgan fingerprint density at radius 1 is 0.429 bits per heavy atom. The fourth-order valence-electron chi connectivity index (χ4n) is 7.71. The zero-order valence-corrected chi connectivity index (χ0v) is 27.7. The lowest BCUT2D eigenvalue weighted by Gasteiger charge is -2.12. The van der Waals surface area contributed by atoms with Crippen molar-refractivity contribution in [1.82, 2.24) is 14.5 Å². The van der Waals surface area contributed by atoms with Gasteiger partial charge in [0.15, 0.2) is 5.82 Å². The lowest BCUT2D eigenvalue weighted by Crippen LogP contribution is -1.96. The van der Waals surface area contributed by atoms with Gasteiger partial charge in [-0.15, -0.1) is 22.7 Å². The van der Waals surface area contributed by atoms with Crippen LogP contribution in [0.4, 0.5) is 0 Å². The van der Waals surface area contributed by atoms with Crippen LogP contribution in [0.3, 0.4) is 0 Å². The number of benzene rings is 7. The molecule has 0 atom stereocenters. The van der Waals surface area contributed by atoms with Crippen molar-refractivity contribution in [3.05, 3.63) is 152 Å². The number of hydrogen-bond acceptors (Lipinski definition) is 4. The van der Waals surface area contributed by atoms with Gasteiger partial charge in [0.05, 0.1) is 21.4 Å². The molecule has 11 aromatic rings. The predicted octanol–water partition coefficient (Wildman–Crippen LogP) is 12.8. The summed E-state index contributed by atoms with van der Waals surface area (Å²) in [5.74, 6) is 0.750. The Labute approximate surface area is 289 Å². The van der Waals surface area contributed by atoms with Crippen molar-refractivity contribution in [2.24, 2.45) is 0 Å². The number of aromatic nitrogens is 3. The Kier molecular flexibility index (Phi) is 5.70. The molecular formula is C44H25N3S2. The molecule has 5 heteroatoms. The van der Waals surface area contributed by atoms with E-state index in [1.54, 1.807) is 11.3 Å². The molecule has 7 aromatic carbocycles. The Hall–Kier alpha value is -5.88. The highest BCUT2D eigenvalue weighted by molar-refractivity contribution is 7.27. The first-order valence-corrected chi connectivity index (χ1v) is 18.1. The standard InChI is InChI=1S/C44H25N3S2/c1-2-12-27(13-3-1)43-45-40(39-33-18-8-11-21-36(33)49-44(39)46-43)26-22-24-28(25-23-26)47-34-19-9-6-16-31(34)37-29-14-4-5-15-30(29)38-32-17-7-10-20-35(32)48-42(38)41(37)47/h1-25H. The molecule has 228 valence electrons. The quantitative estimate of drug-likeness (QED) is 0.189. The van der Waals surface area contributed by atoms with Crippen LogP contribution in [0.2, 0.25) is 0 Å². The summed E-state index contributed by atoms with van der Waals surface area (Å²) in [5, 5.41) is 10.2. The number of hydrogen-bond donors (Lipinski definition) is 0. The van der Waals surface area contributed by atoms with Crippen LogP contribution in [0.25, 0.3) is 101 Å². The summed E-state index contributed by atoms with van der Waals surface area (Å²) in [5.41, 5.74) is 6.67. The average molecular weight is 660 g/mol. The molecule has 0 radical (unpaired) electrons. The third kappa shape index (κ3) is 3.88. The van der Waals surface area contributed by atoms with Gasteiger partial charge in [0, 0.05) is 58.5 Å². The first-order valence-electron chi connectivity index (χ1n) is 16.4. The fraction of sp³-hybridized carbons (Fsp3) is 0. The van der Waals surface area contributed by atoms with E-state index in [2.05, 4.69) is 138 Å². The van der Waals surface area contributed by atoms with Gasteiger partial charge in [-0.2, -0.15) is 0 Å². The van der Waals surface area contributed by atoms with Gasteiger partial charge >= 0.3 is 0 Å². The Bertz CT molecular complexity index is 3090. The summed E-state index contributed by atoms with van der Waals surface area (Å²) in [7, 11) is 0. The maximum atomic E-state index is 5.25. The highest BCUT2D eigenvalue weighted by Crippen LogP contribution is 2.48. The summed E-state index contributed by atoms with van der Waals surface area (Å²) in [6, 6.07) is 54.5. The topological polar surface area (TPSA) is 30.7 Å². The largest absolute Gasteiger partial charge is 0.308 e. The minimum atomic E-state index is 0.750. The second-order valence-corrected chi connectivity index (χ2v) is 14.6. The zero-order chi connectivity index (χ0) is 32.1. The first kappa shape index (κ1) is 27.1.